The molecule has 0 fully saturated rings. The Labute approximate surface area is 106 Å². The van der Waals surface area contributed by atoms with Crippen LogP contribution in [-0.4, -0.2) is 26.8 Å². The van der Waals surface area contributed by atoms with Gasteiger partial charge in [0.25, 0.3) is 0 Å². The molecule has 18 heavy (non-hydrogen) atoms. The van der Waals surface area contributed by atoms with Crippen LogP contribution < -0.4 is 5.32 Å². The van der Waals surface area contributed by atoms with E-state index in [4.69, 9.17) is 0 Å². The lowest BCUT2D eigenvalue weighted by Crippen LogP contribution is -2.21. The molecule has 0 aromatic carbocycles. The SMILES string of the molecule is CNC1CCCc2c1cnn2-c1cc(C)ncn1. The normalized spacial score (nSPS) is 18.7. The van der Waals surface area contributed by atoms with Crippen LogP contribution in [-0.2, 0) is 6.42 Å². The van der Waals surface area contributed by atoms with E-state index in [1.807, 2.05) is 30.9 Å². The van der Waals surface area contributed by atoms with Crippen LogP contribution >= 0.6 is 0 Å². The van der Waals surface area contributed by atoms with Gasteiger partial charge in [-0.2, -0.15) is 5.10 Å². The molecule has 1 unspecified atom stereocenters. The average molecular weight is 243 g/mol. The summed E-state index contributed by atoms with van der Waals surface area (Å²) >= 11 is 0. The number of rotatable bonds is 2. The largest absolute Gasteiger partial charge is 0.313 e. The topological polar surface area (TPSA) is 55.6 Å². The molecule has 0 amide bonds. The Morgan fingerprint density at radius 2 is 2.28 bits per heavy atom. The van der Waals surface area contributed by atoms with Gasteiger partial charge in [-0.05, 0) is 33.2 Å². The summed E-state index contributed by atoms with van der Waals surface area (Å²) in [6, 6.07) is 2.39. The molecular formula is C13H17N5. The van der Waals surface area contributed by atoms with E-state index in [-0.39, 0.29) is 0 Å². The van der Waals surface area contributed by atoms with Crippen LogP contribution in [0.25, 0.3) is 5.82 Å². The molecule has 0 saturated heterocycles. The van der Waals surface area contributed by atoms with Crippen molar-refractivity contribution in [2.24, 2.45) is 0 Å². The lowest BCUT2D eigenvalue weighted by Gasteiger charge is -2.22. The number of hydrogen-bond donors (Lipinski definition) is 1. The van der Waals surface area contributed by atoms with Crippen LogP contribution in [0.4, 0.5) is 0 Å². The lowest BCUT2D eigenvalue weighted by molar-refractivity contribution is 0.489. The summed E-state index contributed by atoms with van der Waals surface area (Å²) in [4.78, 5) is 8.44. The minimum atomic E-state index is 0.422. The van der Waals surface area contributed by atoms with Crippen LogP contribution in [0.3, 0.4) is 0 Å². The Bertz CT molecular complexity index is 560. The summed E-state index contributed by atoms with van der Waals surface area (Å²) in [7, 11) is 2.01. The first-order valence-electron chi connectivity index (χ1n) is 6.32. The second kappa shape index (κ2) is 4.49. The minimum Gasteiger partial charge on any atom is -0.313 e. The zero-order valence-corrected chi connectivity index (χ0v) is 10.7. The molecule has 1 N–H and O–H groups in total. The minimum absolute atomic E-state index is 0.422. The molecule has 1 aliphatic rings. The van der Waals surface area contributed by atoms with Crippen molar-refractivity contribution >= 4 is 0 Å². The third-order valence-corrected chi connectivity index (χ3v) is 3.54. The first-order valence-corrected chi connectivity index (χ1v) is 6.32. The lowest BCUT2D eigenvalue weighted by atomic mass is 9.93. The van der Waals surface area contributed by atoms with Crippen LogP contribution in [0, 0.1) is 6.92 Å². The molecular weight excluding hydrogens is 226 g/mol. The summed E-state index contributed by atoms with van der Waals surface area (Å²) in [6.45, 7) is 1.97. The van der Waals surface area contributed by atoms with Crippen molar-refractivity contribution in [3.8, 4) is 5.82 Å². The van der Waals surface area contributed by atoms with Gasteiger partial charge in [0.05, 0.1) is 11.9 Å². The quantitative estimate of drug-likeness (QED) is 0.869. The molecule has 2 aromatic rings. The first kappa shape index (κ1) is 11.3. The van der Waals surface area contributed by atoms with Crippen LogP contribution in [0.15, 0.2) is 18.6 Å². The predicted octanol–water partition coefficient (Wildman–Crippen LogP) is 1.57. The van der Waals surface area contributed by atoms with Gasteiger partial charge in [0, 0.05) is 23.4 Å². The smallest absolute Gasteiger partial charge is 0.157 e. The van der Waals surface area contributed by atoms with Gasteiger partial charge < -0.3 is 5.32 Å². The highest BCUT2D eigenvalue weighted by atomic mass is 15.3. The number of aromatic nitrogens is 4. The summed E-state index contributed by atoms with van der Waals surface area (Å²) in [5, 5.41) is 7.84. The van der Waals surface area contributed by atoms with Gasteiger partial charge in [-0.25, -0.2) is 14.6 Å². The van der Waals surface area contributed by atoms with Gasteiger partial charge in [0.2, 0.25) is 0 Å². The molecule has 5 nitrogen and oxygen atoms in total. The molecule has 0 saturated carbocycles. The number of hydrogen-bond acceptors (Lipinski definition) is 4. The van der Waals surface area contributed by atoms with Crippen molar-refractivity contribution < 1.29 is 0 Å². The van der Waals surface area contributed by atoms with Crippen molar-refractivity contribution in [2.45, 2.75) is 32.2 Å². The van der Waals surface area contributed by atoms with E-state index in [0.717, 1.165) is 17.9 Å². The molecule has 94 valence electrons. The summed E-state index contributed by atoms with van der Waals surface area (Å²) in [6.07, 6.45) is 6.99. The number of aryl methyl sites for hydroxylation is 1. The number of nitrogens with one attached hydrogen (secondary N) is 1. The second-order valence-electron chi connectivity index (χ2n) is 4.71. The molecule has 2 aromatic heterocycles. The summed E-state index contributed by atoms with van der Waals surface area (Å²) < 4.78 is 1.95. The van der Waals surface area contributed by atoms with Crippen molar-refractivity contribution in [3.63, 3.8) is 0 Å². The van der Waals surface area contributed by atoms with E-state index >= 15 is 0 Å². The van der Waals surface area contributed by atoms with Crippen molar-refractivity contribution in [1.29, 1.82) is 0 Å². The van der Waals surface area contributed by atoms with E-state index in [1.54, 1.807) is 6.33 Å². The predicted molar refractivity (Wildman–Crippen MR) is 68.6 cm³/mol. The maximum atomic E-state index is 4.49. The maximum Gasteiger partial charge on any atom is 0.157 e. The van der Waals surface area contributed by atoms with Gasteiger partial charge in [-0.3, -0.25) is 0 Å². The highest BCUT2D eigenvalue weighted by molar-refractivity contribution is 5.32. The Balaban J connectivity index is 2.07. The molecule has 0 radical (unpaired) electrons. The Kier molecular flexibility index (Phi) is 2.83. The fraction of sp³-hybridized carbons (Fsp3) is 0.462. The molecule has 1 atom stereocenters. The molecule has 3 rings (SSSR count). The zero-order valence-electron chi connectivity index (χ0n) is 10.7. The third kappa shape index (κ3) is 1.80. The van der Waals surface area contributed by atoms with E-state index in [2.05, 4.69) is 20.4 Å². The van der Waals surface area contributed by atoms with Gasteiger partial charge in [-0.15, -0.1) is 0 Å². The molecule has 1 aliphatic carbocycles. The van der Waals surface area contributed by atoms with Crippen LogP contribution in [0.5, 0.6) is 0 Å². The number of nitrogens with zero attached hydrogens (tertiary/aromatic N) is 4. The van der Waals surface area contributed by atoms with Gasteiger partial charge in [0.1, 0.15) is 6.33 Å². The van der Waals surface area contributed by atoms with Gasteiger partial charge in [0.15, 0.2) is 5.82 Å². The summed E-state index contributed by atoms with van der Waals surface area (Å²) in [5.41, 5.74) is 3.55. The first-order chi connectivity index (χ1) is 8.79. The van der Waals surface area contributed by atoms with E-state index in [9.17, 15) is 0 Å². The van der Waals surface area contributed by atoms with E-state index in [1.165, 1.54) is 24.1 Å². The van der Waals surface area contributed by atoms with E-state index in [0.29, 0.717) is 6.04 Å². The van der Waals surface area contributed by atoms with Crippen molar-refractivity contribution in [3.05, 3.63) is 35.5 Å². The Morgan fingerprint density at radius 1 is 1.39 bits per heavy atom. The van der Waals surface area contributed by atoms with Crippen LogP contribution in [0.1, 0.15) is 35.8 Å². The zero-order chi connectivity index (χ0) is 12.5. The molecule has 0 aliphatic heterocycles. The maximum absolute atomic E-state index is 4.49. The number of fused-ring (bicyclic) bond motifs is 1. The third-order valence-electron chi connectivity index (χ3n) is 3.54. The second-order valence-corrected chi connectivity index (χ2v) is 4.71. The molecule has 2 heterocycles. The molecule has 0 spiro atoms. The highest BCUT2D eigenvalue weighted by Gasteiger charge is 2.23. The van der Waals surface area contributed by atoms with Gasteiger partial charge >= 0.3 is 0 Å². The Morgan fingerprint density at radius 3 is 3.06 bits per heavy atom. The van der Waals surface area contributed by atoms with Crippen LogP contribution in [0.2, 0.25) is 0 Å². The van der Waals surface area contributed by atoms with E-state index < -0.39 is 0 Å². The fourth-order valence-electron chi connectivity index (χ4n) is 2.61. The fourth-order valence-corrected chi connectivity index (χ4v) is 2.61. The Hall–Kier alpha value is -1.75. The standard InChI is InChI=1S/C13H17N5/c1-9-6-13(16-8-15-9)18-12-5-3-4-11(14-2)10(12)7-17-18/h6-8,11,14H,3-5H2,1-2H3. The summed E-state index contributed by atoms with van der Waals surface area (Å²) in [5.74, 6) is 0.862. The van der Waals surface area contributed by atoms with Crippen molar-refractivity contribution in [2.75, 3.05) is 7.05 Å². The van der Waals surface area contributed by atoms with Crippen molar-refractivity contribution in [1.82, 2.24) is 25.1 Å². The average Bonchev–Trinajstić information content (AvgIpc) is 2.82. The van der Waals surface area contributed by atoms with Gasteiger partial charge in [-0.1, -0.05) is 0 Å². The monoisotopic (exact) mass is 243 g/mol. The molecule has 0 bridgehead atoms. The molecule has 5 heteroatoms. The highest BCUT2D eigenvalue weighted by Crippen LogP contribution is 2.30.